The molecule has 0 atom stereocenters. The first-order valence-corrected chi connectivity index (χ1v) is 8.95. The van der Waals surface area contributed by atoms with Gasteiger partial charge in [0.25, 0.3) is 0 Å². The van der Waals surface area contributed by atoms with Crippen LogP contribution in [-0.2, 0) is 16.6 Å². The fraction of sp³-hybridized carbons (Fsp3) is 0.647. The monoisotopic (exact) mass is 344 g/mol. The van der Waals surface area contributed by atoms with Crippen molar-refractivity contribution in [2.75, 3.05) is 44.3 Å². The van der Waals surface area contributed by atoms with Gasteiger partial charge in [-0.15, -0.1) is 0 Å². The van der Waals surface area contributed by atoms with Crippen LogP contribution in [-0.4, -0.2) is 69.7 Å². The Morgan fingerprint density at radius 3 is 2.68 bits per heavy atom. The fourth-order valence-corrected chi connectivity index (χ4v) is 3.70. The Labute approximate surface area is 146 Å². The van der Waals surface area contributed by atoms with Crippen LogP contribution in [0.1, 0.15) is 19.3 Å². The summed E-state index contributed by atoms with van der Waals surface area (Å²) in [6.07, 6.45) is 6.05. The van der Waals surface area contributed by atoms with Gasteiger partial charge in [-0.05, 0) is 18.8 Å². The highest BCUT2D eigenvalue weighted by atomic mass is 16.5. The Hall–Kier alpha value is -2.22. The van der Waals surface area contributed by atoms with Crippen LogP contribution in [0, 0.1) is 5.92 Å². The molecule has 2 saturated heterocycles. The fourth-order valence-electron chi connectivity index (χ4n) is 3.70. The quantitative estimate of drug-likeness (QED) is 0.821. The number of fused-ring (bicyclic) bond motifs is 1. The topological polar surface area (TPSA) is 76.4 Å². The number of aryl methyl sites for hydroxylation is 1. The van der Waals surface area contributed by atoms with Crippen LogP contribution >= 0.6 is 0 Å². The Kier molecular flexibility index (Phi) is 4.52. The number of imidazole rings is 1. The summed E-state index contributed by atoms with van der Waals surface area (Å²) in [5, 5.41) is 0. The van der Waals surface area contributed by atoms with Crippen LogP contribution in [0.5, 0.6) is 0 Å². The van der Waals surface area contributed by atoms with E-state index < -0.39 is 0 Å². The highest BCUT2D eigenvalue weighted by Crippen LogP contribution is 2.28. The second-order valence-corrected chi connectivity index (χ2v) is 6.85. The molecule has 2 aliphatic heterocycles. The summed E-state index contributed by atoms with van der Waals surface area (Å²) in [6.45, 7) is 4.61. The van der Waals surface area contributed by atoms with Crippen molar-refractivity contribution in [1.29, 1.82) is 0 Å². The highest BCUT2D eigenvalue weighted by Gasteiger charge is 2.26. The van der Waals surface area contributed by atoms with Gasteiger partial charge in [0.1, 0.15) is 6.33 Å². The van der Waals surface area contributed by atoms with E-state index in [1.807, 2.05) is 16.5 Å². The SMILES string of the molecule is Cn1cnc2c(N3CCC(CC(=O)N4CCOCC4)CC3)ncnc21. The lowest BCUT2D eigenvalue weighted by molar-refractivity contribution is -0.136. The lowest BCUT2D eigenvalue weighted by Gasteiger charge is -2.34. The molecule has 0 aromatic carbocycles. The molecule has 2 aliphatic rings. The third kappa shape index (κ3) is 3.30. The lowest BCUT2D eigenvalue weighted by atomic mass is 9.93. The van der Waals surface area contributed by atoms with E-state index in [-0.39, 0.29) is 5.91 Å². The molecule has 2 aromatic rings. The number of hydrogen-bond donors (Lipinski definition) is 0. The van der Waals surface area contributed by atoms with Crippen LogP contribution in [0.15, 0.2) is 12.7 Å². The zero-order chi connectivity index (χ0) is 17.2. The highest BCUT2D eigenvalue weighted by molar-refractivity contribution is 5.83. The van der Waals surface area contributed by atoms with Gasteiger partial charge in [-0.3, -0.25) is 4.79 Å². The van der Waals surface area contributed by atoms with E-state index in [0.29, 0.717) is 25.6 Å². The molecular formula is C17H24N6O2. The predicted molar refractivity (Wildman–Crippen MR) is 93.3 cm³/mol. The van der Waals surface area contributed by atoms with Crippen molar-refractivity contribution in [3.8, 4) is 0 Å². The third-order valence-corrected chi connectivity index (χ3v) is 5.22. The zero-order valence-corrected chi connectivity index (χ0v) is 14.6. The van der Waals surface area contributed by atoms with Crippen molar-refractivity contribution >= 4 is 22.9 Å². The summed E-state index contributed by atoms with van der Waals surface area (Å²) in [7, 11) is 1.94. The van der Waals surface area contributed by atoms with E-state index in [4.69, 9.17) is 4.74 Å². The number of carbonyl (C=O) groups is 1. The molecule has 2 fully saturated rings. The third-order valence-electron chi connectivity index (χ3n) is 5.22. The van der Waals surface area contributed by atoms with E-state index in [0.717, 1.165) is 56.0 Å². The van der Waals surface area contributed by atoms with Crippen molar-refractivity contribution < 1.29 is 9.53 Å². The molecule has 0 aliphatic carbocycles. The van der Waals surface area contributed by atoms with Crippen molar-refractivity contribution in [2.24, 2.45) is 13.0 Å². The van der Waals surface area contributed by atoms with Crippen LogP contribution in [0.4, 0.5) is 5.82 Å². The number of aromatic nitrogens is 4. The minimum Gasteiger partial charge on any atom is -0.378 e. The molecule has 8 nitrogen and oxygen atoms in total. The minimum atomic E-state index is 0.274. The maximum Gasteiger partial charge on any atom is 0.223 e. The Balaban J connectivity index is 1.37. The zero-order valence-electron chi connectivity index (χ0n) is 14.6. The number of ether oxygens (including phenoxy) is 1. The molecule has 25 heavy (non-hydrogen) atoms. The number of morpholine rings is 1. The molecule has 0 bridgehead atoms. The maximum absolute atomic E-state index is 12.4. The van der Waals surface area contributed by atoms with Gasteiger partial charge in [0.05, 0.1) is 19.5 Å². The van der Waals surface area contributed by atoms with E-state index >= 15 is 0 Å². The number of hydrogen-bond acceptors (Lipinski definition) is 6. The van der Waals surface area contributed by atoms with Crippen LogP contribution in [0.25, 0.3) is 11.2 Å². The van der Waals surface area contributed by atoms with E-state index in [1.165, 1.54) is 0 Å². The average Bonchev–Trinajstić information content (AvgIpc) is 3.04. The molecule has 134 valence electrons. The molecule has 1 amide bonds. The minimum absolute atomic E-state index is 0.274. The van der Waals surface area contributed by atoms with Crippen molar-refractivity contribution in [3.63, 3.8) is 0 Å². The van der Waals surface area contributed by atoms with Gasteiger partial charge < -0.3 is 19.1 Å². The molecule has 0 unspecified atom stereocenters. The lowest BCUT2D eigenvalue weighted by Crippen LogP contribution is -2.42. The van der Waals surface area contributed by atoms with Crippen molar-refractivity contribution in [3.05, 3.63) is 12.7 Å². The number of anilines is 1. The van der Waals surface area contributed by atoms with E-state index in [1.54, 1.807) is 12.7 Å². The first-order chi connectivity index (χ1) is 12.2. The van der Waals surface area contributed by atoms with Gasteiger partial charge in [-0.2, -0.15) is 0 Å². The second kappa shape index (κ2) is 6.95. The number of rotatable bonds is 3. The first kappa shape index (κ1) is 16.3. The molecule has 0 N–H and O–H groups in total. The smallest absolute Gasteiger partial charge is 0.223 e. The van der Waals surface area contributed by atoms with E-state index in [9.17, 15) is 4.79 Å². The molecule has 0 radical (unpaired) electrons. The Bertz CT molecular complexity index is 747. The first-order valence-electron chi connectivity index (χ1n) is 8.95. The standard InChI is InChI=1S/C17H24N6O2/c1-21-12-20-15-16(21)18-11-19-17(15)23-4-2-13(3-5-23)10-14(24)22-6-8-25-9-7-22/h11-13H,2-10H2,1H3. The molecule has 2 aromatic heterocycles. The van der Waals surface area contributed by atoms with Crippen LogP contribution in [0.3, 0.4) is 0 Å². The van der Waals surface area contributed by atoms with Gasteiger partial charge in [0.15, 0.2) is 17.0 Å². The summed E-state index contributed by atoms with van der Waals surface area (Å²) in [5.41, 5.74) is 1.71. The summed E-state index contributed by atoms with van der Waals surface area (Å²) < 4.78 is 7.23. The van der Waals surface area contributed by atoms with Crippen LogP contribution in [0.2, 0.25) is 0 Å². The number of amides is 1. The predicted octanol–water partition coefficient (Wildman–Crippen LogP) is 0.829. The number of carbonyl (C=O) groups excluding carboxylic acids is 1. The molecule has 4 heterocycles. The van der Waals surface area contributed by atoms with Gasteiger partial charge in [0, 0.05) is 39.6 Å². The normalized spacial score (nSPS) is 19.6. The molecular weight excluding hydrogens is 320 g/mol. The molecule has 0 spiro atoms. The Morgan fingerprint density at radius 2 is 1.92 bits per heavy atom. The molecule has 8 heteroatoms. The number of piperidine rings is 1. The van der Waals surface area contributed by atoms with Crippen LogP contribution < -0.4 is 4.90 Å². The number of nitrogens with zero attached hydrogens (tertiary/aromatic N) is 6. The summed E-state index contributed by atoms with van der Waals surface area (Å²) in [5.74, 6) is 1.63. The molecule has 0 saturated carbocycles. The maximum atomic E-state index is 12.4. The van der Waals surface area contributed by atoms with Gasteiger partial charge in [-0.25, -0.2) is 15.0 Å². The largest absolute Gasteiger partial charge is 0.378 e. The summed E-state index contributed by atoms with van der Waals surface area (Å²) in [4.78, 5) is 29.8. The second-order valence-electron chi connectivity index (χ2n) is 6.85. The summed E-state index contributed by atoms with van der Waals surface area (Å²) in [6, 6.07) is 0. The Morgan fingerprint density at radius 1 is 1.16 bits per heavy atom. The van der Waals surface area contributed by atoms with Crippen molar-refractivity contribution in [2.45, 2.75) is 19.3 Å². The summed E-state index contributed by atoms with van der Waals surface area (Å²) >= 11 is 0. The van der Waals surface area contributed by atoms with Gasteiger partial charge in [0.2, 0.25) is 5.91 Å². The van der Waals surface area contributed by atoms with Crippen molar-refractivity contribution in [1.82, 2.24) is 24.4 Å². The average molecular weight is 344 g/mol. The van der Waals surface area contributed by atoms with Gasteiger partial charge >= 0.3 is 0 Å². The van der Waals surface area contributed by atoms with Gasteiger partial charge in [-0.1, -0.05) is 0 Å². The van der Waals surface area contributed by atoms with E-state index in [2.05, 4.69) is 19.9 Å². The molecule has 4 rings (SSSR count).